The van der Waals surface area contributed by atoms with E-state index < -0.39 is 11.3 Å². The largest absolute Gasteiger partial charge is 0.318 e. The van der Waals surface area contributed by atoms with E-state index in [0.717, 1.165) is 0 Å². The van der Waals surface area contributed by atoms with Crippen LogP contribution in [0.3, 0.4) is 0 Å². The zero-order valence-corrected chi connectivity index (χ0v) is 10.2. The van der Waals surface area contributed by atoms with Crippen molar-refractivity contribution in [3.8, 4) is 0 Å². The molecule has 2 aliphatic heterocycles. The third-order valence-corrected chi connectivity index (χ3v) is 4.12. The van der Waals surface area contributed by atoms with Gasteiger partial charge in [-0.15, -0.1) is 0 Å². The molecule has 2 heterocycles. The topological polar surface area (TPSA) is 82.3 Å². The van der Waals surface area contributed by atoms with Crippen molar-refractivity contribution in [2.75, 3.05) is 10.7 Å². The predicted molar refractivity (Wildman–Crippen MR) is 56.4 cm³/mol. The van der Waals surface area contributed by atoms with Gasteiger partial charge in [0.25, 0.3) is 0 Å². The van der Waals surface area contributed by atoms with Crippen LogP contribution in [0.5, 0.6) is 0 Å². The van der Waals surface area contributed by atoms with Gasteiger partial charge in [-0.2, -0.15) is 0 Å². The Morgan fingerprint density at radius 2 is 1.14 bits per heavy atom. The van der Waals surface area contributed by atoms with Crippen LogP contribution in [0.4, 0.5) is 9.59 Å². The molecular weight excluding hydrogens is 320 g/mol. The van der Waals surface area contributed by atoms with Crippen LogP contribution in [0.15, 0.2) is 0 Å². The molecule has 0 radical (unpaired) electrons. The van der Waals surface area contributed by atoms with E-state index in [1.807, 2.05) is 0 Å². The average molecular weight is 328 g/mol. The molecule has 0 unspecified atom stereocenters. The molecule has 4 N–H and O–H groups in total. The molecule has 0 aromatic heterocycles. The zero-order chi connectivity index (χ0) is 10.4. The first-order valence-corrected chi connectivity index (χ1v) is 6.14. The number of carbonyl (C=O) groups is 2. The van der Waals surface area contributed by atoms with Crippen LogP contribution in [0.25, 0.3) is 0 Å². The first-order chi connectivity index (χ1) is 6.57. The summed E-state index contributed by atoms with van der Waals surface area (Å²) in [5.41, 5.74) is -1.63. The molecule has 6 nitrogen and oxygen atoms in total. The number of urea groups is 2. The second-order valence-corrected chi connectivity index (χ2v) is 4.36. The average Bonchev–Trinajstić information content (AvgIpc) is 2.52. The van der Waals surface area contributed by atoms with E-state index in [1.54, 1.807) is 0 Å². The molecule has 0 aromatic carbocycles. The van der Waals surface area contributed by atoms with Gasteiger partial charge in [0.05, 0.1) is 0 Å². The molecule has 0 aromatic rings. The summed E-state index contributed by atoms with van der Waals surface area (Å²) in [4.78, 5) is 22.5. The highest BCUT2D eigenvalue weighted by Crippen LogP contribution is 2.30. The summed E-state index contributed by atoms with van der Waals surface area (Å²) in [7, 11) is 0. The smallest absolute Gasteiger partial charge is 0.311 e. The van der Waals surface area contributed by atoms with Gasteiger partial charge in [-0.05, 0) is 0 Å². The fourth-order valence-corrected chi connectivity index (χ4v) is 3.21. The zero-order valence-electron chi connectivity index (χ0n) is 6.99. The van der Waals surface area contributed by atoms with Crippen molar-refractivity contribution < 1.29 is 9.59 Å². The van der Waals surface area contributed by atoms with Gasteiger partial charge in [-0.3, -0.25) is 0 Å². The first-order valence-electron chi connectivity index (χ1n) is 3.90. The van der Waals surface area contributed by atoms with E-state index in [2.05, 4.69) is 53.1 Å². The number of carbonyl (C=O) groups excluding carboxylic acids is 2. The molecule has 8 heteroatoms. The third kappa shape index (κ3) is 1.07. The van der Waals surface area contributed by atoms with Gasteiger partial charge in [-0.1, -0.05) is 31.9 Å². The van der Waals surface area contributed by atoms with E-state index in [-0.39, 0.29) is 12.1 Å². The van der Waals surface area contributed by atoms with Gasteiger partial charge in [-0.25, -0.2) is 9.59 Å². The lowest BCUT2D eigenvalue weighted by Gasteiger charge is -2.33. The van der Waals surface area contributed by atoms with Crippen LogP contribution in [-0.2, 0) is 0 Å². The monoisotopic (exact) mass is 326 g/mol. The standard InChI is InChI=1S/C6H8Br2N4O2/c7-1-5-6(2-8,11-3(13)9-5)12-4(14)10-5/h1-2H2,(H2,9,11,13)(H2,10,12,14). The second-order valence-electron chi connectivity index (χ2n) is 3.24. The number of hydrogen-bond donors (Lipinski definition) is 4. The molecule has 2 aliphatic rings. The number of hydrogen-bond acceptors (Lipinski definition) is 2. The van der Waals surface area contributed by atoms with Crippen molar-refractivity contribution in [1.29, 1.82) is 0 Å². The van der Waals surface area contributed by atoms with E-state index in [9.17, 15) is 9.59 Å². The number of fused-ring (bicyclic) bond motifs is 1. The Morgan fingerprint density at radius 3 is 1.36 bits per heavy atom. The number of rotatable bonds is 2. The Labute approximate surface area is 96.8 Å². The van der Waals surface area contributed by atoms with E-state index in [0.29, 0.717) is 10.7 Å². The fraction of sp³-hybridized carbons (Fsp3) is 0.667. The quantitative estimate of drug-likeness (QED) is 0.530. The molecule has 4 amide bonds. The van der Waals surface area contributed by atoms with Crippen LogP contribution in [0, 0.1) is 0 Å². The Kier molecular flexibility index (Phi) is 2.15. The summed E-state index contributed by atoms with van der Waals surface area (Å²) in [5.74, 6) is 0. The number of halogens is 2. The summed E-state index contributed by atoms with van der Waals surface area (Å²) in [6.07, 6.45) is 0. The van der Waals surface area contributed by atoms with Crippen molar-refractivity contribution >= 4 is 43.9 Å². The number of alkyl halides is 2. The van der Waals surface area contributed by atoms with Crippen LogP contribution in [0.1, 0.15) is 0 Å². The molecule has 2 saturated heterocycles. The molecular formula is C6H8Br2N4O2. The second kappa shape index (κ2) is 2.99. The molecule has 0 spiro atoms. The van der Waals surface area contributed by atoms with Gasteiger partial charge < -0.3 is 21.3 Å². The third-order valence-electron chi connectivity index (χ3n) is 2.44. The molecule has 0 atom stereocenters. The normalized spacial score (nSPS) is 39.6. The minimum absolute atomic E-state index is 0.309. The minimum atomic E-state index is -0.815. The Balaban J connectivity index is 2.42. The van der Waals surface area contributed by atoms with Crippen molar-refractivity contribution in [3.05, 3.63) is 0 Å². The summed E-state index contributed by atoms with van der Waals surface area (Å²) in [6.45, 7) is 0. The van der Waals surface area contributed by atoms with Gasteiger partial charge in [0, 0.05) is 10.7 Å². The SMILES string of the molecule is O=C1NC2(CBr)NC(=O)NC2(CBr)N1. The van der Waals surface area contributed by atoms with E-state index in [4.69, 9.17) is 0 Å². The fourth-order valence-electron chi connectivity index (χ4n) is 1.69. The Morgan fingerprint density at radius 1 is 0.857 bits per heavy atom. The highest BCUT2D eigenvalue weighted by atomic mass is 79.9. The van der Waals surface area contributed by atoms with E-state index in [1.165, 1.54) is 0 Å². The molecule has 0 bridgehead atoms. The predicted octanol–water partition coefficient (Wildman–Crippen LogP) is -0.206. The van der Waals surface area contributed by atoms with Gasteiger partial charge in [0.1, 0.15) is 0 Å². The molecule has 2 fully saturated rings. The molecule has 78 valence electrons. The Bertz CT molecular complexity index is 262. The summed E-state index contributed by atoms with van der Waals surface area (Å²) in [6, 6.07) is -0.618. The summed E-state index contributed by atoms with van der Waals surface area (Å²) >= 11 is 6.55. The van der Waals surface area contributed by atoms with Gasteiger partial charge in [0.2, 0.25) is 0 Å². The molecule has 2 rings (SSSR count). The number of amides is 4. The van der Waals surface area contributed by atoms with E-state index >= 15 is 0 Å². The van der Waals surface area contributed by atoms with Crippen LogP contribution < -0.4 is 21.3 Å². The maximum absolute atomic E-state index is 11.2. The highest BCUT2D eigenvalue weighted by Gasteiger charge is 2.63. The minimum Gasteiger partial charge on any atom is -0.311 e. The Hall–Kier alpha value is -0.500. The lowest BCUT2D eigenvalue weighted by molar-refractivity contribution is 0.235. The van der Waals surface area contributed by atoms with Gasteiger partial charge in [0.15, 0.2) is 11.3 Å². The van der Waals surface area contributed by atoms with Crippen molar-refractivity contribution in [3.63, 3.8) is 0 Å². The first kappa shape index (κ1) is 10.0. The van der Waals surface area contributed by atoms with Crippen LogP contribution in [0.2, 0.25) is 0 Å². The molecule has 0 saturated carbocycles. The maximum atomic E-state index is 11.2. The van der Waals surface area contributed by atoms with Gasteiger partial charge >= 0.3 is 12.1 Å². The van der Waals surface area contributed by atoms with Crippen LogP contribution >= 0.6 is 31.9 Å². The van der Waals surface area contributed by atoms with Crippen LogP contribution in [-0.4, -0.2) is 34.0 Å². The lowest BCUT2D eigenvalue weighted by Crippen LogP contribution is -2.68. The summed E-state index contributed by atoms with van der Waals surface area (Å²) < 4.78 is 0. The van der Waals surface area contributed by atoms with Crippen molar-refractivity contribution in [2.45, 2.75) is 11.3 Å². The van der Waals surface area contributed by atoms with Crippen molar-refractivity contribution in [1.82, 2.24) is 21.3 Å². The highest BCUT2D eigenvalue weighted by molar-refractivity contribution is 9.09. The summed E-state index contributed by atoms with van der Waals surface area (Å²) in [5, 5.41) is 11.6. The van der Waals surface area contributed by atoms with Crippen molar-refractivity contribution in [2.24, 2.45) is 0 Å². The molecule has 14 heavy (non-hydrogen) atoms. The number of nitrogens with one attached hydrogen (secondary N) is 4. The maximum Gasteiger partial charge on any atom is 0.318 e. The molecule has 0 aliphatic carbocycles. The lowest BCUT2D eigenvalue weighted by atomic mass is 10.0.